The van der Waals surface area contributed by atoms with Gasteiger partial charge in [-0.3, -0.25) is 0 Å². The van der Waals surface area contributed by atoms with Gasteiger partial charge in [-0.05, 0) is 0 Å². The van der Waals surface area contributed by atoms with Crippen LogP contribution in [0.1, 0.15) is 0 Å². The fourth-order valence-corrected chi connectivity index (χ4v) is 1.02. The molecule has 0 saturated heterocycles. The van der Waals surface area contributed by atoms with Gasteiger partial charge in [-0.25, -0.2) is 9.97 Å². The van der Waals surface area contributed by atoms with Crippen molar-refractivity contribution in [2.24, 2.45) is 0 Å². The highest BCUT2D eigenvalue weighted by molar-refractivity contribution is 6.32. The van der Waals surface area contributed by atoms with Crippen LogP contribution >= 0.6 is 11.6 Å². The lowest BCUT2D eigenvalue weighted by atomic mass is 10.7. The fraction of sp³-hybridized carbons (Fsp3) is 0. The van der Waals surface area contributed by atoms with Crippen molar-refractivity contribution in [3.05, 3.63) is 29.9 Å². The van der Waals surface area contributed by atoms with E-state index in [1.807, 2.05) is 10.6 Å². The highest BCUT2D eigenvalue weighted by Gasteiger charge is 1.97. The van der Waals surface area contributed by atoms with E-state index < -0.39 is 0 Å². The molecule has 0 aromatic carbocycles. The molecule has 3 nitrogen and oxygen atoms in total. The van der Waals surface area contributed by atoms with Crippen molar-refractivity contribution in [1.82, 2.24) is 14.4 Å². The van der Waals surface area contributed by atoms with Gasteiger partial charge in [0.05, 0.1) is 0 Å². The summed E-state index contributed by atoms with van der Waals surface area (Å²) in [5.74, 6) is 0. The minimum Gasteiger partial charge on any atom is -0.303 e. The first-order valence-corrected chi connectivity index (χ1v) is 3.19. The Morgan fingerprint density at radius 3 is 2.60 bits per heavy atom. The van der Waals surface area contributed by atoms with E-state index in [4.69, 9.17) is 11.6 Å². The highest BCUT2D eigenvalue weighted by atomic mass is 35.5. The zero-order chi connectivity index (χ0) is 6.97. The molecule has 0 spiro atoms. The molecule has 0 saturated carbocycles. The van der Waals surface area contributed by atoms with E-state index in [2.05, 4.69) is 9.97 Å². The number of imidazole rings is 1. The van der Waals surface area contributed by atoms with Crippen molar-refractivity contribution < 1.29 is 0 Å². The second kappa shape index (κ2) is 1.95. The first-order chi connectivity index (χ1) is 4.88. The summed E-state index contributed by atoms with van der Waals surface area (Å²) in [6.07, 6.45) is 6.94. The van der Waals surface area contributed by atoms with Crippen LogP contribution in [0.4, 0.5) is 0 Å². The molecule has 0 aliphatic carbocycles. The maximum Gasteiger partial charge on any atom is 0.174 e. The third-order valence-electron chi connectivity index (χ3n) is 1.27. The summed E-state index contributed by atoms with van der Waals surface area (Å²) >= 11 is 5.70. The second-order valence-corrected chi connectivity index (χ2v) is 2.23. The third kappa shape index (κ3) is 0.675. The standard InChI is InChI=1S/C6H4ClN3/c7-5-6-9-2-4-10(6)3-1-8-5/h1-4H. The van der Waals surface area contributed by atoms with Crippen LogP contribution in [0.25, 0.3) is 5.65 Å². The van der Waals surface area contributed by atoms with E-state index in [1.54, 1.807) is 18.6 Å². The molecule has 0 N–H and O–H groups in total. The first kappa shape index (κ1) is 5.68. The van der Waals surface area contributed by atoms with Crippen LogP contribution in [0.2, 0.25) is 5.15 Å². The van der Waals surface area contributed by atoms with Crippen LogP contribution in [0.3, 0.4) is 0 Å². The summed E-state index contributed by atoms with van der Waals surface area (Å²) in [7, 11) is 0. The van der Waals surface area contributed by atoms with E-state index in [-0.39, 0.29) is 0 Å². The maximum absolute atomic E-state index is 5.70. The zero-order valence-electron chi connectivity index (χ0n) is 5.03. The number of aromatic nitrogens is 3. The molecule has 0 unspecified atom stereocenters. The molecule has 0 bridgehead atoms. The van der Waals surface area contributed by atoms with Crippen molar-refractivity contribution in [3.63, 3.8) is 0 Å². The van der Waals surface area contributed by atoms with E-state index in [0.717, 1.165) is 0 Å². The van der Waals surface area contributed by atoms with Gasteiger partial charge in [0.15, 0.2) is 10.8 Å². The predicted octanol–water partition coefficient (Wildman–Crippen LogP) is 1.38. The van der Waals surface area contributed by atoms with Crippen LogP contribution in [0.5, 0.6) is 0 Å². The molecule has 0 aliphatic rings. The smallest absolute Gasteiger partial charge is 0.174 e. The molecule has 0 atom stereocenters. The highest BCUT2D eigenvalue weighted by Crippen LogP contribution is 2.09. The lowest BCUT2D eigenvalue weighted by molar-refractivity contribution is 1.13. The maximum atomic E-state index is 5.70. The normalized spacial score (nSPS) is 10.5. The lowest BCUT2D eigenvalue weighted by Gasteiger charge is -1.91. The lowest BCUT2D eigenvalue weighted by Crippen LogP contribution is -1.84. The minimum absolute atomic E-state index is 0.438. The summed E-state index contributed by atoms with van der Waals surface area (Å²) in [6.45, 7) is 0. The molecule has 0 aliphatic heterocycles. The number of hydrogen-bond donors (Lipinski definition) is 0. The van der Waals surface area contributed by atoms with Crippen LogP contribution in [-0.2, 0) is 0 Å². The van der Waals surface area contributed by atoms with E-state index in [9.17, 15) is 0 Å². The number of hydrogen-bond acceptors (Lipinski definition) is 2. The quantitative estimate of drug-likeness (QED) is 0.573. The molecule has 2 rings (SSSR count). The Morgan fingerprint density at radius 1 is 1.20 bits per heavy atom. The summed E-state index contributed by atoms with van der Waals surface area (Å²) in [4.78, 5) is 7.85. The Kier molecular flexibility index (Phi) is 1.11. The molecule has 2 heterocycles. The summed E-state index contributed by atoms with van der Waals surface area (Å²) in [5, 5.41) is 0.438. The molecule has 2 aromatic heterocycles. The van der Waals surface area contributed by atoms with Crippen molar-refractivity contribution in [3.8, 4) is 0 Å². The average Bonchev–Trinajstić information content (AvgIpc) is 2.36. The Morgan fingerprint density at radius 2 is 1.90 bits per heavy atom. The Balaban J connectivity index is 2.95. The van der Waals surface area contributed by atoms with Crippen LogP contribution in [0, 0.1) is 0 Å². The molecular formula is C6H4ClN3. The molecule has 0 fully saturated rings. The summed E-state index contributed by atoms with van der Waals surface area (Å²) in [5.41, 5.74) is 0.698. The Hall–Kier alpha value is -1.09. The van der Waals surface area contributed by atoms with Crippen molar-refractivity contribution >= 4 is 17.2 Å². The Bertz CT molecular complexity index is 355. The predicted molar refractivity (Wildman–Crippen MR) is 38.0 cm³/mol. The van der Waals surface area contributed by atoms with Gasteiger partial charge in [-0.15, -0.1) is 0 Å². The number of nitrogens with zero attached hydrogens (tertiary/aromatic N) is 3. The largest absolute Gasteiger partial charge is 0.303 e. The van der Waals surface area contributed by atoms with Gasteiger partial charge >= 0.3 is 0 Å². The van der Waals surface area contributed by atoms with Gasteiger partial charge in [-0.1, -0.05) is 11.6 Å². The zero-order valence-corrected chi connectivity index (χ0v) is 5.78. The van der Waals surface area contributed by atoms with E-state index in [0.29, 0.717) is 10.8 Å². The van der Waals surface area contributed by atoms with Gasteiger partial charge in [-0.2, -0.15) is 0 Å². The molecule has 10 heavy (non-hydrogen) atoms. The number of halogens is 1. The molecule has 2 aromatic rings. The fourth-order valence-electron chi connectivity index (χ4n) is 0.821. The van der Waals surface area contributed by atoms with Gasteiger partial charge in [0.25, 0.3) is 0 Å². The van der Waals surface area contributed by atoms with E-state index in [1.165, 1.54) is 0 Å². The Labute approximate surface area is 62.3 Å². The van der Waals surface area contributed by atoms with E-state index >= 15 is 0 Å². The SMILES string of the molecule is Clc1nccn2ccnc12. The van der Waals surface area contributed by atoms with Gasteiger partial charge < -0.3 is 4.40 Å². The van der Waals surface area contributed by atoms with Crippen LogP contribution in [-0.4, -0.2) is 14.4 Å². The summed E-state index contributed by atoms with van der Waals surface area (Å²) < 4.78 is 1.81. The van der Waals surface area contributed by atoms with Gasteiger partial charge in [0.2, 0.25) is 0 Å². The molecule has 0 radical (unpaired) electrons. The van der Waals surface area contributed by atoms with Crippen molar-refractivity contribution in [1.29, 1.82) is 0 Å². The monoisotopic (exact) mass is 153 g/mol. The van der Waals surface area contributed by atoms with Gasteiger partial charge in [0, 0.05) is 24.8 Å². The molecule has 0 amide bonds. The average molecular weight is 154 g/mol. The second-order valence-electron chi connectivity index (χ2n) is 1.88. The van der Waals surface area contributed by atoms with Crippen molar-refractivity contribution in [2.45, 2.75) is 0 Å². The van der Waals surface area contributed by atoms with Crippen LogP contribution in [0.15, 0.2) is 24.8 Å². The first-order valence-electron chi connectivity index (χ1n) is 2.81. The van der Waals surface area contributed by atoms with Crippen molar-refractivity contribution in [2.75, 3.05) is 0 Å². The molecule has 4 heteroatoms. The van der Waals surface area contributed by atoms with Gasteiger partial charge in [0.1, 0.15) is 0 Å². The molecule has 50 valence electrons. The topological polar surface area (TPSA) is 30.2 Å². The number of fused-ring (bicyclic) bond motifs is 1. The number of rotatable bonds is 0. The van der Waals surface area contributed by atoms with Crippen LogP contribution < -0.4 is 0 Å². The molecular weight excluding hydrogens is 150 g/mol. The third-order valence-corrected chi connectivity index (χ3v) is 1.53. The minimum atomic E-state index is 0.438. The summed E-state index contributed by atoms with van der Waals surface area (Å²) in [6, 6.07) is 0.